The van der Waals surface area contributed by atoms with Gasteiger partial charge in [0.15, 0.2) is 0 Å². The lowest BCUT2D eigenvalue weighted by atomic mass is 10.1. The molecule has 11 nitrogen and oxygen atoms in total. The van der Waals surface area contributed by atoms with Crippen molar-refractivity contribution in [2.45, 2.75) is 43.5 Å². The fourth-order valence-corrected chi connectivity index (χ4v) is 6.79. The fourth-order valence-electron chi connectivity index (χ4n) is 4.87. The van der Waals surface area contributed by atoms with Crippen LogP contribution in [0.2, 0.25) is 0 Å². The maximum atomic E-state index is 12.6. The molecule has 3 aliphatic heterocycles. The summed E-state index contributed by atoms with van der Waals surface area (Å²) >= 11 is 0. The van der Waals surface area contributed by atoms with Crippen LogP contribution in [0, 0.1) is 0 Å². The molecule has 6 rings (SSSR count). The molecule has 2 saturated heterocycles. The zero-order chi connectivity index (χ0) is 22.7. The van der Waals surface area contributed by atoms with Gasteiger partial charge >= 0.3 is 0 Å². The minimum atomic E-state index is -3.13. The van der Waals surface area contributed by atoms with Crippen LogP contribution in [0.5, 0.6) is 0 Å². The Balaban J connectivity index is 1.35. The monoisotopic (exact) mass is 472 g/mol. The third kappa shape index (κ3) is 3.60. The van der Waals surface area contributed by atoms with E-state index in [-0.39, 0.29) is 23.3 Å². The van der Waals surface area contributed by atoms with Crippen LogP contribution in [0.1, 0.15) is 25.3 Å². The molecule has 1 atom stereocenters. The molecule has 0 aromatic carbocycles. The molecule has 0 spiro atoms. The van der Waals surface area contributed by atoms with Crippen molar-refractivity contribution in [1.82, 2.24) is 24.2 Å². The number of sulfonamides is 1. The summed E-state index contributed by atoms with van der Waals surface area (Å²) in [5.74, 6) is 1.77. The minimum Gasteiger partial charge on any atom is -0.377 e. The van der Waals surface area contributed by atoms with E-state index in [1.807, 2.05) is 0 Å². The Morgan fingerprint density at radius 1 is 1.09 bits per heavy atom. The van der Waals surface area contributed by atoms with Crippen molar-refractivity contribution in [1.29, 1.82) is 0 Å². The second-order valence-corrected chi connectivity index (χ2v) is 11.5. The molecular formula is C21H28N8O3S. The predicted molar refractivity (Wildman–Crippen MR) is 123 cm³/mol. The number of fused-ring (bicyclic) bond motifs is 1. The average Bonchev–Trinajstić information content (AvgIpc) is 3.55. The number of ether oxygens (including phenoxy) is 1. The van der Waals surface area contributed by atoms with E-state index in [0.29, 0.717) is 38.8 Å². The number of hydrogen-bond donors (Lipinski definition) is 1. The lowest BCUT2D eigenvalue weighted by molar-refractivity contribution is 0.0981. The first-order valence-electron chi connectivity index (χ1n) is 11.5. The van der Waals surface area contributed by atoms with E-state index in [0.717, 1.165) is 48.4 Å². The predicted octanol–water partition coefficient (Wildman–Crippen LogP) is 0.280. The van der Waals surface area contributed by atoms with Gasteiger partial charge in [-0.05, 0) is 26.2 Å². The summed E-state index contributed by atoms with van der Waals surface area (Å²) in [6.45, 7) is 5.90. The molecule has 12 heteroatoms. The van der Waals surface area contributed by atoms with Crippen LogP contribution in [-0.4, -0.2) is 89.4 Å². The van der Waals surface area contributed by atoms with E-state index in [4.69, 9.17) is 20.4 Å². The largest absolute Gasteiger partial charge is 0.377 e. The minimum absolute atomic E-state index is 0.125. The summed E-state index contributed by atoms with van der Waals surface area (Å²) in [6.07, 6.45) is 5.77. The van der Waals surface area contributed by atoms with E-state index in [2.05, 4.69) is 26.7 Å². The molecule has 2 aromatic rings. The third-order valence-corrected chi connectivity index (χ3v) is 9.32. The maximum absolute atomic E-state index is 12.6. The van der Waals surface area contributed by atoms with Gasteiger partial charge in [-0.2, -0.15) is 9.29 Å². The van der Waals surface area contributed by atoms with Crippen molar-refractivity contribution >= 4 is 27.7 Å². The summed E-state index contributed by atoms with van der Waals surface area (Å²) in [6, 6.07) is 0.283. The highest BCUT2D eigenvalue weighted by Gasteiger charge is 2.48. The smallest absolute Gasteiger partial charge is 0.228 e. The fraction of sp³-hybridized carbons (Fsp3) is 0.619. The van der Waals surface area contributed by atoms with Crippen LogP contribution in [0.3, 0.4) is 0 Å². The van der Waals surface area contributed by atoms with Crippen molar-refractivity contribution in [3.63, 3.8) is 0 Å². The Kier molecular flexibility index (Phi) is 4.93. The molecule has 5 heterocycles. The lowest BCUT2D eigenvalue weighted by Gasteiger charge is -2.44. The third-order valence-electron chi connectivity index (χ3n) is 6.99. The number of nitrogens with two attached hydrogens (primary N) is 1. The molecule has 0 amide bonds. The number of nitrogen functional groups attached to an aromatic ring is 1. The molecule has 0 bridgehead atoms. The summed E-state index contributed by atoms with van der Waals surface area (Å²) in [5.41, 5.74) is 8.38. The Hall–Kier alpha value is -2.57. The molecule has 2 aromatic heterocycles. The standard InChI is InChI=1S/C21H28N8O3S/c1-13-12-32-7-6-28(13)21-25-18(14-8-23-20(22)24-9-14)17-4-5-29(19(17)26-21)15-10-27(11-15)33(30,31)16-2-3-16/h8-9,13,15-16H,2-7,10-12H2,1H3,(H2,22,23,24). The summed E-state index contributed by atoms with van der Waals surface area (Å²) in [4.78, 5) is 22.7. The SMILES string of the molecule is CC1COCCN1c1nc(-c2cnc(N)nc2)c2c(n1)N(C1CN(S(=O)(=O)C3CC3)C1)CC2. The van der Waals surface area contributed by atoms with Crippen LogP contribution in [0.25, 0.3) is 11.3 Å². The van der Waals surface area contributed by atoms with Crippen LogP contribution in [0.15, 0.2) is 12.4 Å². The Morgan fingerprint density at radius 2 is 1.85 bits per heavy atom. The normalized spacial score (nSPS) is 24.1. The second kappa shape index (κ2) is 7.74. The van der Waals surface area contributed by atoms with Gasteiger partial charge in [0, 0.05) is 49.7 Å². The first-order valence-corrected chi connectivity index (χ1v) is 13.0. The van der Waals surface area contributed by atoms with Gasteiger partial charge in [0.2, 0.25) is 21.9 Å². The molecule has 0 radical (unpaired) electrons. The van der Waals surface area contributed by atoms with Gasteiger partial charge in [0.25, 0.3) is 0 Å². The van der Waals surface area contributed by atoms with Crippen molar-refractivity contribution in [3.05, 3.63) is 18.0 Å². The van der Waals surface area contributed by atoms with E-state index >= 15 is 0 Å². The Bertz CT molecular complexity index is 1160. The highest BCUT2D eigenvalue weighted by Crippen LogP contribution is 2.40. The Labute approximate surface area is 193 Å². The molecule has 3 fully saturated rings. The molecule has 4 aliphatic rings. The van der Waals surface area contributed by atoms with Crippen molar-refractivity contribution in [3.8, 4) is 11.3 Å². The van der Waals surface area contributed by atoms with Crippen molar-refractivity contribution < 1.29 is 13.2 Å². The number of aromatic nitrogens is 4. The van der Waals surface area contributed by atoms with Crippen molar-refractivity contribution in [2.24, 2.45) is 0 Å². The van der Waals surface area contributed by atoms with Gasteiger partial charge < -0.3 is 20.3 Å². The maximum Gasteiger partial charge on any atom is 0.228 e. The second-order valence-electron chi connectivity index (χ2n) is 9.28. The number of rotatable bonds is 5. The van der Waals surface area contributed by atoms with E-state index in [1.54, 1.807) is 16.7 Å². The molecule has 1 aliphatic carbocycles. The van der Waals surface area contributed by atoms with E-state index < -0.39 is 10.0 Å². The summed E-state index contributed by atoms with van der Waals surface area (Å²) < 4.78 is 32.4. The van der Waals surface area contributed by atoms with Crippen molar-refractivity contribution in [2.75, 3.05) is 54.9 Å². The Morgan fingerprint density at radius 3 is 2.55 bits per heavy atom. The first kappa shape index (κ1) is 21.0. The van der Waals surface area contributed by atoms with Crippen LogP contribution >= 0.6 is 0 Å². The molecular weight excluding hydrogens is 444 g/mol. The lowest BCUT2D eigenvalue weighted by Crippen LogP contribution is -2.61. The molecule has 1 unspecified atom stereocenters. The van der Waals surface area contributed by atoms with E-state index in [1.165, 1.54) is 0 Å². The van der Waals surface area contributed by atoms with Crippen LogP contribution in [-0.2, 0) is 21.2 Å². The van der Waals surface area contributed by atoms with Gasteiger partial charge in [-0.25, -0.2) is 23.4 Å². The van der Waals surface area contributed by atoms with Gasteiger partial charge in [-0.15, -0.1) is 0 Å². The number of morpholine rings is 1. The molecule has 1 saturated carbocycles. The summed E-state index contributed by atoms with van der Waals surface area (Å²) in [7, 11) is -3.13. The van der Waals surface area contributed by atoms with E-state index in [9.17, 15) is 8.42 Å². The average molecular weight is 473 g/mol. The van der Waals surface area contributed by atoms with Crippen LogP contribution in [0.4, 0.5) is 17.7 Å². The van der Waals surface area contributed by atoms with Gasteiger partial charge in [0.1, 0.15) is 5.82 Å². The number of nitrogens with zero attached hydrogens (tertiary/aromatic N) is 7. The zero-order valence-corrected chi connectivity index (χ0v) is 19.4. The zero-order valence-electron chi connectivity index (χ0n) is 18.6. The molecule has 2 N–H and O–H groups in total. The molecule has 33 heavy (non-hydrogen) atoms. The highest BCUT2D eigenvalue weighted by atomic mass is 32.2. The van der Waals surface area contributed by atoms with Gasteiger partial charge in [0.05, 0.1) is 36.2 Å². The summed E-state index contributed by atoms with van der Waals surface area (Å²) in [5, 5.41) is -0.168. The number of hydrogen-bond acceptors (Lipinski definition) is 10. The molecule has 176 valence electrons. The van der Waals surface area contributed by atoms with Gasteiger partial charge in [-0.3, -0.25) is 0 Å². The number of anilines is 3. The van der Waals surface area contributed by atoms with Crippen LogP contribution < -0.4 is 15.5 Å². The quantitative estimate of drug-likeness (QED) is 0.647. The highest BCUT2D eigenvalue weighted by molar-refractivity contribution is 7.90. The first-order chi connectivity index (χ1) is 15.9. The van der Waals surface area contributed by atoms with Gasteiger partial charge in [-0.1, -0.05) is 0 Å². The topological polar surface area (TPSA) is 131 Å².